The second kappa shape index (κ2) is 4.48. The van der Waals surface area contributed by atoms with Crippen molar-refractivity contribution in [3.8, 4) is 0 Å². The van der Waals surface area contributed by atoms with Crippen LogP contribution in [-0.2, 0) is 0 Å². The number of hydrogen-bond donors (Lipinski definition) is 0. The van der Waals surface area contributed by atoms with Crippen LogP contribution >= 0.6 is 23.2 Å². The highest BCUT2D eigenvalue weighted by atomic mass is 35.5. The van der Waals surface area contributed by atoms with Crippen LogP contribution in [0.4, 0.5) is 4.39 Å². The maximum Gasteiger partial charge on any atom is 0.193 e. The molecule has 1 unspecified atom stereocenters. The molecule has 0 aliphatic carbocycles. The quantitative estimate of drug-likeness (QED) is 0.712. The molecule has 0 aliphatic rings. The third-order valence-corrected chi connectivity index (χ3v) is 2.99. The highest BCUT2D eigenvalue weighted by Gasteiger charge is 2.15. The number of aryl methyl sites for hydroxylation is 1. The molecular weight excluding hydrogens is 250 g/mol. The summed E-state index contributed by atoms with van der Waals surface area (Å²) in [6, 6.07) is 8.06. The third-order valence-electron chi connectivity index (χ3n) is 2.32. The molecule has 1 atom stereocenters. The lowest BCUT2D eigenvalue weighted by Crippen LogP contribution is -1.93. The lowest BCUT2D eigenvalue weighted by Gasteiger charge is -2.08. The molecule has 2 aromatic rings. The molecule has 0 bridgehead atoms. The van der Waals surface area contributed by atoms with Crippen LogP contribution in [-0.4, -0.2) is 0 Å². The first-order valence-corrected chi connectivity index (χ1v) is 5.54. The van der Waals surface area contributed by atoms with Gasteiger partial charge in [0, 0.05) is 0 Å². The topological polar surface area (TPSA) is 13.1 Å². The van der Waals surface area contributed by atoms with E-state index in [4.69, 9.17) is 27.6 Å². The van der Waals surface area contributed by atoms with E-state index in [2.05, 4.69) is 0 Å². The minimum atomic E-state index is -0.452. The molecule has 4 heteroatoms. The fourth-order valence-corrected chi connectivity index (χ4v) is 1.86. The van der Waals surface area contributed by atoms with Crippen molar-refractivity contribution in [2.45, 2.75) is 12.3 Å². The van der Waals surface area contributed by atoms with Gasteiger partial charge in [0.2, 0.25) is 0 Å². The molecule has 84 valence electrons. The molecule has 1 aromatic heterocycles. The summed E-state index contributed by atoms with van der Waals surface area (Å²) in [5, 5.41) is -0.161. The van der Waals surface area contributed by atoms with Crippen molar-refractivity contribution in [3.05, 3.63) is 58.3 Å². The van der Waals surface area contributed by atoms with E-state index in [0.717, 1.165) is 5.56 Å². The van der Waals surface area contributed by atoms with Gasteiger partial charge < -0.3 is 4.42 Å². The number of rotatable bonds is 2. The number of alkyl halides is 1. The molecule has 1 nitrogen and oxygen atoms in total. The van der Waals surface area contributed by atoms with Crippen LogP contribution in [0.25, 0.3) is 0 Å². The van der Waals surface area contributed by atoms with Crippen LogP contribution in [0.5, 0.6) is 0 Å². The molecule has 16 heavy (non-hydrogen) atoms. The van der Waals surface area contributed by atoms with Gasteiger partial charge in [-0.2, -0.15) is 0 Å². The first kappa shape index (κ1) is 11.5. The largest absolute Gasteiger partial charge is 0.448 e. The zero-order valence-electron chi connectivity index (χ0n) is 8.51. The Morgan fingerprint density at radius 3 is 2.56 bits per heavy atom. The lowest BCUT2D eigenvalue weighted by atomic mass is 10.1. The SMILES string of the molecule is Cc1cc(C(Cl)c2ccc(Cl)o2)ccc1F. The van der Waals surface area contributed by atoms with E-state index in [-0.39, 0.29) is 5.82 Å². The van der Waals surface area contributed by atoms with Gasteiger partial charge >= 0.3 is 0 Å². The van der Waals surface area contributed by atoms with Crippen molar-refractivity contribution in [2.75, 3.05) is 0 Å². The molecule has 0 amide bonds. The molecular formula is C12H9Cl2FO. The predicted octanol–water partition coefficient (Wildman–Crippen LogP) is 4.71. The third kappa shape index (κ3) is 2.23. The van der Waals surface area contributed by atoms with Gasteiger partial charge in [0.1, 0.15) is 17.0 Å². The van der Waals surface area contributed by atoms with E-state index in [1.165, 1.54) is 6.07 Å². The summed E-state index contributed by atoms with van der Waals surface area (Å²) in [6.07, 6.45) is 0. The Balaban J connectivity index is 2.33. The van der Waals surface area contributed by atoms with Crippen LogP contribution in [0, 0.1) is 12.7 Å². The Morgan fingerprint density at radius 1 is 1.25 bits per heavy atom. The Labute approximate surface area is 103 Å². The molecule has 2 rings (SSSR count). The van der Waals surface area contributed by atoms with Gasteiger partial charge in [-0.15, -0.1) is 11.6 Å². The molecule has 1 aromatic carbocycles. The van der Waals surface area contributed by atoms with Gasteiger partial charge in [0.15, 0.2) is 5.22 Å². The number of hydrogen-bond acceptors (Lipinski definition) is 1. The molecule has 1 heterocycles. The maximum atomic E-state index is 13.1. The van der Waals surface area contributed by atoms with Gasteiger partial charge in [-0.3, -0.25) is 0 Å². The molecule has 0 aliphatic heterocycles. The van der Waals surface area contributed by atoms with Crippen LogP contribution in [0.3, 0.4) is 0 Å². The second-order valence-electron chi connectivity index (χ2n) is 3.51. The second-order valence-corrected chi connectivity index (χ2v) is 4.32. The fourth-order valence-electron chi connectivity index (χ4n) is 1.45. The lowest BCUT2D eigenvalue weighted by molar-refractivity contribution is 0.518. The van der Waals surface area contributed by atoms with Crippen LogP contribution in [0.1, 0.15) is 22.3 Å². The summed E-state index contributed by atoms with van der Waals surface area (Å²) in [5.74, 6) is 0.308. The van der Waals surface area contributed by atoms with Crippen LogP contribution in [0.15, 0.2) is 34.7 Å². The van der Waals surface area contributed by atoms with Gasteiger partial charge in [0.05, 0.1) is 0 Å². The summed E-state index contributed by atoms with van der Waals surface area (Å²) in [4.78, 5) is 0. The van der Waals surface area contributed by atoms with Gasteiger partial charge in [0.25, 0.3) is 0 Å². The number of furan rings is 1. The van der Waals surface area contributed by atoms with Crippen molar-refractivity contribution < 1.29 is 8.81 Å². The van der Waals surface area contributed by atoms with E-state index >= 15 is 0 Å². The zero-order chi connectivity index (χ0) is 11.7. The monoisotopic (exact) mass is 258 g/mol. The maximum absolute atomic E-state index is 13.1. The summed E-state index contributed by atoms with van der Waals surface area (Å²) >= 11 is 11.9. The van der Waals surface area contributed by atoms with E-state index in [1.54, 1.807) is 31.2 Å². The summed E-state index contributed by atoms with van der Waals surface area (Å²) in [6.45, 7) is 1.69. The summed E-state index contributed by atoms with van der Waals surface area (Å²) in [5.41, 5.74) is 1.34. The van der Waals surface area contributed by atoms with E-state index in [9.17, 15) is 4.39 Å². The van der Waals surface area contributed by atoms with Crippen molar-refractivity contribution in [1.29, 1.82) is 0 Å². The predicted molar refractivity (Wildman–Crippen MR) is 62.6 cm³/mol. The highest BCUT2D eigenvalue weighted by Crippen LogP contribution is 2.31. The number of benzene rings is 1. The van der Waals surface area contributed by atoms with Crippen molar-refractivity contribution in [3.63, 3.8) is 0 Å². The fraction of sp³-hybridized carbons (Fsp3) is 0.167. The number of halogens is 3. The smallest absolute Gasteiger partial charge is 0.193 e. The normalized spacial score (nSPS) is 12.8. The Morgan fingerprint density at radius 2 is 2.00 bits per heavy atom. The Hall–Kier alpha value is -0.990. The first-order valence-electron chi connectivity index (χ1n) is 4.73. The highest BCUT2D eigenvalue weighted by molar-refractivity contribution is 6.29. The summed E-state index contributed by atoms with van der Waals surface area (Å²) in [7, 11) is 0. The average molecular weight is 259 g/mol. The molecule has 0 N–H and O–H groups in total. The average Bonchev–Trinajstić information content (AvgIpc) is 2.68. The van der Waals surface area contributed by atoms with Gasteiger partial charge in [-0.05, 0) is 47.9 Å². The standard InChI is InChI=1S/C12H9Cl2FO/c1-7-6-8(2-3-9(7)15)12(14)10-4-5-11(13)16-10/h2-6,12H,1H3. The molecule has 0 saturated heterocycles. The van der Waals surface area contributed by atoms with Crippen LogP contribution in [0.2, 0.25) is 5.22 Å². The Kier molecular flexibility index (Phi) is 3.22. The van der Waals surface area contributed by atoms with Gasteiger partial charge in [-0.25, -0.2) is 4.39 Å². The minimum Gasteiger partial charge on any atom is -0.448 e. The van der Waals surface area contributed by atoms with E-state index in [1.807, 2.05) is 0 Å². The van der Waals surface area contributed by atoms with Crippen molar-refractivity contribution >= 4 is 23.2 Å². The molecule has 0 spiro atoms. The zero-order valence-corrected chi connectivity index (χ0v) is 10.0. The van der Waals surface area contributed by atoms with Crippen molar-refractivity contribution in [2.24, 2.45) is 0 Å². The molecule has 0 radical (unpaired) electrons. The summed E-state index contributed by atoms with van der Waals surface area (Å²) < 4.78 is 18.3. The first-order chi connectivity index (χ1) is 7.58. The molecule has 0 fully saturated rings. The van der Waals surface area contributed by atoms with Crippen molar-refractivity contribution in [1.82, 2.24) is 0 Å². The van der Waals surface area contributed by atoms with Gasteiger partial charge in [-0.1, -0.05) is 12.1 Å². The minimum absolute atomic E-state index is 0.245. The van der Waals surface area contributed by atoms with Crippen LogP contribution < -0.4 is 0 Å². The van der Waals surface area contributed by atoms with E-state index < -0.39 is 5.38 Å². The molecule has 0 saturated carbocycles. The Bertz CT molecular complexity index is 507. The van der Waals surface area contributed by atoms with E-state index in [0.29, 0.717) is 16.5 Å².